The van der Waals surface area contributed by atoms with Crippen molar-refractivity contribution in [1.29, 1.82) is 0 Å². The van der Waals surface area contributed by atoms with Gasteiger partial charge < -0.3 is 14.2 Å². The van der Waals surface area contributed by atoms with Crippen LogP contribution in [0, 0.1) is 34.6 Å². The number of nitrogens with zero attached hydrogens (tertiary/aromatic N) is 1. The van der Waals surface area contributed by atoms with Gasteiger partial charge in [-0.3, -0.25) is 4.98 Å². The van der Waals surface area contributed by atoms with Crippen LogP contribution < -0.4 is 4.74 Å². The number of hydrogen-bond donors (Lipinski definition) is 0. The van der Waals surface area contributed by atoms with E-state index in [1.165, 1.54) is 16.7 Å². The third-order valence-corrected chi connectivity index (χ3v) is 6.01. The standard InChI is InChI=1S/C29H33NO5/c1-8-33-28(31)25-20(6)30-21(7)26(29(32)34-9-2)27(25)22-10-12-24(13-11-22)35-16-23-15-18(4)17(3)14-19(23)5/h10-15H,8-9,16H2,1-7H3. The Morgan fingerprint density at radius 3 is 1.77 bits per heavy atom. The predicted octanol–water partition coefficient (Wildman–Crippen LogP) is 6.22. The third kappa shape index (κ3) is 5.70. The maximum Gasteiger partial charge on any atom is 0.340 e. The summed E-state index contributed by atoms with van der Waals surface area (Å²) in [5, 5.41) is 0. The number of aromatic nitrogens is 1. The lowest BCUT2D eigenvalue weighted by Crippen LogP contribution is -2.17. The highest BCUT2D eigenvalue weighted by atomic mass is 16.5. The molecular weight excluding hydrogens is 442 g/mol. The van der Waals surface area contributed by atoms with Crippen LogP contribution in [0.4, 0.5) is 0 Å². The first kappa shape index (κ1) is 25.9. The zero-order valence-corrected chi connectivity index (χ0v) is 21.6. The number of rotatable bonds is 8. The van der Waals surface area contributed by atoms with Crippen molar-refractivity contribution < 1.29 is 23.8 Å². The Balaban J connectivity index is 2.01. The highest BCUT2D eigenvalue weighted by molar-refractivity contribution is 6.07. The Kier molecular flexibility index (Phi) is 8.28. The molecule has 0 saturated heterocycles. The Morgan fingerprint density at radius 2 is 1.26 bits per heavy atom. The molecule has 184 valence electrons. The van der Waals surface area contributed by atoms with Crippen molar-refractivity contribution in [1.82, 2.24) is 4.98 Å². The van der Waals surface area contributed by atoms with Crippen LogP contribution in [0.1, 0.15) is 68.2 Å². The lowest BCUT2D eigenvalue weighted by molar-refractivity contribution is 0.0525. The summed E-state index contributed by atoms with van der Waals surface area (Å²) in [6.07, 6.45) is 0. The van der Waals surface area contributed by atoms with E-state index in [0.29, 0.717) is 34.9 Å². The number of hydrogen-bond acceptors (Lipinski definition) is 6. The first-order valence-corrected chi connectivity index (χ1v) is 11.8. The van der Waals surface area contributed by atoms with Crippen molar-refractivity contribution in [3.63, 3.8) is 0 Å². The molecule has 2 aromatic carbocycles. The van der Waals surface area contributed by atoms with E-state index in [-0.39, 0.29) is 24.3 Å². The normalized spacial score (nSPS) is 10.7. The van der Waals surface area contributed by atoms with Gasteiger partial charge in [0, 0.05) is 5.56 Å². The summed E-state index contributed by atoms with van der Waals surface area (Å²) in [4.78, 5) is 30.2. The van der Waals surface area contributed by atoms with Gasteiger partial charge in [0.15, 0.2) is 0 Å². The Hall–Kier alpha value is -3.67. The molecule has 0 aliphatic carbocycles. The van der Waals surface area contributed by atoms with Crippen molar-refractivity contribution in [2.45, 2.75) is 55.1 Å². The van der Waals surface area contributed by atoms with Crippen molar-refractivity contribution in [2.75, 3.05) is 13.2 Å². The molecule has 0 atom stereocenters. The van der Waals surface area contributed by atoms with E-state index in [1.807, 2.05) is 24.3 Å². The van der Waals surface area contributed by atoms with Gasteiger partial charge in [-0.25, -0.2) is 9.59 Å². The second-order valence-electron chi connectivity index (χ2n) is 8.52. The summed E-state index contributed by atoms with van der Waals surface area (Å²) in [7, 11) is 0. The largest absolute Gasteiger partial charge is 0.489 e. The molecule has 1 aromatic heterocycles. The number of carbonyl (C=O) groups excluding carboxylic acids is 2. The van der Waals surface area contributed by atoms with Crippen molar-refractivity contribution in [3.05, 3.63) is 81.2 Å². The molecular formula is C29H33NO5. The third-order valence-electron chi connectivity index (χ3n) is 6.01. The van der Waals surface area contributed by atoms with Crippen LogP contribution in [0.2, 0.25) is 0 Å². The molecule has 0 spiro atoms. The summed E-state index contributed by atoms with van der Waals surface area (Å²) in [5.41, 5.74) is 7.46. The van der Waals surface area contributed by atoms with Gasteiger partial charge in [-0.05, 0) is 88.4 Å². The van der Waals surface area contributed by atoms with Gasteiger partial charge in [-0.1, -0.05) is 24.3 Å². The van der Waals surface area contributed by atoms with Crippen LogP contribution in [-0.2, 0) is 16.1 Å². The SMILES string of the molecule is CCOC(=O)c1c(C)nc(C)c(C(=O)OCC)c1-c1ccc(OCc2cc(C)c(C)cc2C)cc1. The van der Waals surface area contributed by atoms with Gasteiger partial charge in [-0.15, -0.1) is 0 Å². The van der Waals surface area contributed by atoms with E-state index < -0.39 is 11.9 Å². The Morgan fingerprint density at radius 1 is 0.743 bits per heavy atom. The van der Waals surface area contributed by atoms with Crippen LogP contribution in [0.3, 0.4) is 0 Å². The number of pyridine rings is 1. The van der Waals surface area contributed by atoms with Crippen LogP contribution >= 0.6 is 0 Å². The fourth-order valence-electron chi connectivity index (χ4n) is 4.10. The molecule has 0 fully saturated rings. The molecule has 0 N–H and O–H groups in total. The van der Waals surface area contributed by atoms with Crippen LogP contribution in [0.15, 0.2) is 36.4 Å². The number of esters is 2. The van der Waals surface area contributed by atoms with Crippen molar-refractivity contribution in [2.24, 2.45) is 0 Å². The smallest absolute Gasteiger partial charge is 0.340 e. The molecule has 6 nitrogen and oxygen atoms in total. The summed E-state index contributed by atoms with van der Waals surface area (Å²) in [6, 6.07) is 11.7. The second-order valence-corrected chi connectivity index (χ2v) is 8.52. The lowest BCUT2D eigenvalue weighted by atomic mass is 9.92. The monoisotopic (exact) mass is 475 g/mol. The van der Waals surface area contributed by atoms with E-state index >= 15 is 0 Å². The van der Waals surface area contributed by atoms with Crippen LogP contribution in [0.5, 0.6) is 5.75 Å². The maximum absolute atomic E-state index is 12.9. The highest BCUT2D eigenvalue weighted by Gasteiger charge is 2.27. The second kappa shape index (κ2) is 11.2. The summed E-state index contributed by atoms with van der Waals surface area (Å²) in [6.45, 7) is 14.1. The van der Waals surface area contributed by atoms with E-state index in [2.05, 4.69) is 37.9 Å². The molecule has 0 bridgehead atoms. The molecule has 0 radical (unpaired) electrons. The molecule has 35 heavy (non-hydrogen) atoms. The van der Waals surface area contributed by atoms with Gasteiger partial charge in [0.2, 0.25) is 0 Å². The molecule has 3 aromatic rings. The Labute approximate surface area is 207 Å². The van der Waals surface area contributed by atoms with Crippen molar-refractivity contribution >= 4 is 11.9 Å². The number of aryl methyl sites for hydroxylation is 5. The fraction of sp³-hybridized carbons (Fsp3) is 0.345. The van der Waals surface area contributed by atoms with Crippen LogP contribution in [0.25, 0.3) is 11.1 Å². The highest BCUT2D eigenvalue weighted by Crippen LogP contribution is 2.34. The lowest BCUT2D eigenvalue weighted by Gasteiger charge is -2.18. The topological polar surface area (TPSA) is 74.7 Å². The average molecular weight is 476 g/mol. The quantitative estimate of drug-likeness (QED) is 0.360. The minimum atomic E-state index is -0.524. The molecule has 0 amide bonds. The Bertz CT molecular complexity index is 1200. The zero-order chi connectivity index (χ0) is 25.7. The molecule has 0 unspecified atom stereocenters. The number of benzene rings is 2. The fourth-order valence-corrected chi connectivity index (χ4v) is 4.10. The summed E-state index contributed by atoms with van der Waals surface area (Å²) < 4.78 is 16.6. The summed E-state index contributed by atoms with van der Waals surface area (Å²) in [5.74, 6) is -0.364. The van der Waals surface area contributed by atoms with E-state index in [0.717, 1.165) is 5.56 Å². The molecule has 1 heterocycles. The van der Waals surface area contributed by atoms with Gasteiger partial charge >= 0.3 is 11.9 Å². The molecule has 0 aliphatic heterocycles. The molecule has 0 aliphatic rings. The van der Waals surface area contributed by atoms with Gasteiger partial charge in [-0.2, -0.15) is 0 Å². The molecule has 6 heteroatoms. The first-order chi connectivity index (χ1) is 16.7. The minimum Gasteiger partial charge on any atom is -0.489 e. The molecule has 3 rings (SSSR count). The molecule has 0 saturated carbocycles. The predicted molar refractivity (Wildman–Crippen MR) is 136 cm³/mol. The van der Waals surface area contributed by atoms with Crippen LogP contribution in [-0.4, -0.2) is 30.1 Å². The van der Waals surface area contributed by atoms with Gasteiger partial charge in [0.05, 0.1) is 35.7 Å². The first-order valence-electron chi connectivity index (χ1n) is 11.8. The van der Waals surface area contributed by atoms with Crippen molar-refractivity contribution in [3.8, 4) is 16.9 Å². The maximum atomic E-state index is 12.9. The number of ether oxygens (including phenoxy) is 3. The average Bonchev–Trinajstić information content (AvgIpc) is 2.80. The van der Waals surface area contributed by atoms with Gasteiger partial charge in [0.1, 0.15) is 12.4 Å². The zero-order valence-electron chi connectivity index (χ0n) is 21.6. The van der Waals surface area contributed by atoms with Gasteiger partial charge in [0.25, 0.3) is 0 Å². The van der Waals surface area contributed by atoms with E-state index in [9.17, 15) is 9.59 Å². The minimum absolute atomic E-state index is 0.213. The number of carbonyl (C=O) groups is 2. The summed E-state index contributed by atoms with van der Waals surface area (Å²) >= 11 is 0. The van der Waals surface area contributed by atoms with E-state index in [1.54, 1.807) is 27.7 Å². The van der Waals surface area contributed by atoms with E-state index in [4.69, 9.17) is 14.2 Å².